The summed E-state index contributed by atoms with van der Waals surface area (Å²) in [5.41, 5.74) is 6.15. The van der Waals surface area contributed by atoms with Crippen LogP contribution in [0.4, 0.5) is 13.2 Å². The highest BCUT2D eigenvalue weighted by Crippen LogP contribution is 2.24. The number of hydrogen-bond acceptors (Lipinski definition) is 3. The van der Waals surface area contributed by atoms with Crippen molar-refractivity contribution < 1.29 is 13.2 Å². The van der Waals surface area contributed by atoms with Crippen molar-refractivity contribution in [2.45, 2.75) is 32.2 Å². The molecule has 0 bridgehead atoms. The zero-order valence-corrected chi connectivity index (χ0v) is 10.9. The minimum Gasteiger partial charge on any atom is -0.323 e. The van der Waals surface area contributed by atoms with Gasteiger partial charge in [-0.1, -0.05) is 18.6 Å². The number of halogens is 3. The third kappa shape index (κ3) is 2.98. The standard InChI is InChI=1S/C13H15F3N4/c1-2-3-11(17)12-7-20(19-18-12)8-4-5-10(14)9(6-8)13(15)16/h4-7,11,13H,2-3,17H2,1H3. The Bertz CT molecular complexity index is 583. The summed E-state index contributed by atoms with van der Waals surface area (Å²) < 4.78 is 39.8. The molecule has 0 saturated carbocycles. The van der Waals surface area contributed by atoms with Crippen LogP contribution in [0.2, 0.25) is 0 Å². The van der Waals surface area contributed by atoms with Crippen LogP contribution in [0.5, 0.6) is 0 Å². The summed E-state index contributed by atoms with van der Waals surface area (Å²) in [7, 11) is 0. The van der Waals surface area contributed by atoms with Gasteiger partial charge in [0.2, 0.25) is 0 Å². The van der Waals surface area contributed by atoms with Gasteiger partial charge in [0, 0.05) is 0 Å². The van der Waals surface area contributed by atoms with Crippen LogP contribution in [0, 0.1) is 5.82 Å². The first-order valence-corrected chi connectivity index (χ1v) is 6.28. The molecule has 1 heterocycles. The SMILES string of the molecule is CCCC(N)c1cn(-c2ccc(F)c(C(F)F)c2)nn1. The van der Waals surface area contributed by atoms with Gasteiger partial charge in [0.05, 0.1) is 29.2 Å². The number of rotatable bonds is 5. The molecule has 1 aromatic carbocycles. The van der Waals surface area contributed by atoms with Gasteiger partial charge < -0.3 is 5.73 Å². The van der Waals surface area contributed by atoms with E-state index < -0.39 is 17.8 Å². The molecule has 1 aromatic heterocycles. The van der Waals surface area contributed by atoms with Crippen molar-refractivity contribution in [1.29, 1.82) is 0 Å². The summed E-state index contributed by atoms with van der Waals surface area (Å²) >= 11 is 0. The van der Waals surface area contributed by atoms with E-state index in [-0.39, 0.29) is 6.04 Å². The van der Waals surface area contributed by atoms with E-state index in [4.69, 9.17) is 5.73 Å². The number of benzene rings is 1. The summed E-state index contributed by atoms with van der Waals surface area (Å²) in [5.74, 6) is -0.938. The summed E-state index contributed by atoms with van der Waals surface area (Å²) in [6, 6.07) is 3.17. The largest absolute Gasteiger partial charge is 0.323 e. The normalized spacial score (nSPS) is 12.9. The molecule has 0 fully saturated rings. The van der Waals surface area contributed by atoms with Crippen molar-refractivity contribution in [2.75, 3.05) is 0 Å². The molecule has 4 nitrogen and oxygen atoms in total. The van der Waals surface area contributed by atoms with Gasteiger partial charge in [-0.25, -0.2) is 17.9 Å². The van der Waals surface area contributed by atoms with Crippen LogP contribution < -0.4 is 5.73 Å². The van der Waals surface area contributed by atoms with E-state index in [1.54, 1.807) is 6.20 Å². The Balaban J connectivity index is 2.30. The second-order valence-corrected chi connectivity index (χ2v) is 4.49. The topological polar surface area (TPSA) is 56.7 Å². The Labute approximate surface area is 114 Å². The van der Waals surface area contributed by atoms with Crippen molar-refractivity contribution in [3.8, 4) is 5.69 Å². The highest BCUT2D eigenvalue weighted by Gasteiger charge is 2.16. The Hall–Kier alpha value is -1.89. The average molecular weight is 284 g/mol. The lowest BCUT2D eigenvalue weighted by molar-refractivity contribution is 0.146. The molecule has 7 heteroatoms. The maximum Gasteiger partial charge on any atom is 0.266 e. The molecular formula is C13H15F3N4. The number of aromatic nitrogens is 3. The molecule has 0 saturated heterocycles. The third-order valence-electron chi connectivity index (χ3n) is 2.97. The Kier molecular flexibility index (Phi) is 4.39. The lowest BCUT2D eigenvalue weighted by Crippen LogP contribution is -2.10. The predicted octanol–water partition coefficient (Wildman–Crippen LogP) is 3.14. The number of nitrogens with two attached hydrogens (primary N) is 1. The highest BCUT2D eigenvalue weighted by molar-refractivity contribution is 5.36. The molecule has 1 unspecified atom stereocenters. The van der Waals surface area contributed by atoms with Gasteiger partial charge in [-0.05, 0) is 24.6 Å². The van der Waals surface area contributed by atoms with E-state index in [2.05, 4.69) is 10.3 Å². The van der Waals surface area contributed by atoms with Gasteiger partial charge in [0.25, 0.3) is 6.43 Å². The number of alkyl halides is 2. The Morgan fingerprint density at radius 3 is 2.75 bits per heavy atom. The van der Waals surface area contributed by atoms with E-state index >= 15 is 0 Å². The molecule has 0 aliphatic rings. The smallest absolute Gasteiger partial charge is 0.266 e. The Morgan fingerprint density at radius 2 is 2.10 bits per heavy atom. The van der Waals surface area contributed by atoms with Gasteiger partial charge in [-0.3, -0.25) is 0 Å². The van der Waals surface area contributed by atoms with Crippen molar-refractivity contribution >= 4 is 0 Å². The zero-order valence-electron chi connectivity index (χ0n) is 10.9. The van der Waals surface area contributed by atoms with E-state index in [1.165, 1.54) is 10.7 Å². The van der Waals surface area contributed by atoms with Crippen LogP contribution in [0.3, 0.4) is 0 Å². The summed E-state index contributed by atoms with van der Waals surface area (Å²) in [5, 5.41) is 7.75. The number of nitrogens with zero attached hydrogens (tertiary/aromatic N) is 3. The summed E-state index contributed by atoms with van der Waals surface area (Å²) in [6.07, 6.45) is 0.355. The maximum atomic E-state index is 13.2. The minimum atomic E-state index is -2.87. The van der Waals surface area contributed by atoms with E-state index in [0.717, 1.165) is 25.0 Å². The second-order valence-electron chi connectivity index (χ2n) is 4.49. The van der Waals surface area contributed by atoms with Crippen molar-refractivity contribution in [1.82, 2.24) is 15.0 Å². The number of hydrogen-bond donors (Lipinski definition) is 1. The fourth-order valence-electron chi connectivity index (χ4n) is 1.87. The molecular weight excluding hydrogens is 269 g/mol. The lowest BCUT2D eigenvalue weighted by atomic mass is 10.1. The first-order chi connectivity index (χ1) is 9.52. The van der Waals surface area contributed by atoms with Gasteiger partial charge >= 0.3 is 0 Å². The molecule has 0 spiro atoms. The van der Waals surface area contributed by atoms with E-state index in [0.29, 0.717) is 11.4 Å². The second kappa shape index (κ2) is 6.04. The first-order valence-electron chi connectivity index (χ1n) is 6.28. The summed E-state index contributed by atoms with van der Waals surface area (Å²) in [4.78, 5) is 0. The third-order valence-corrected chi connectivity index (χ3v) is 2.97. The van der Waals surface area contributed by atoms with Crippen molar-refractivity contribution in [3.05, 3.63) is 41.5 Å². The molecule has 2 rings (SSSR count). The van der Waals surface area contributed by atoms with E-state index in [9.17, 15) is 13.2 Å². The quantitative estimate of drug-likeness (QED) is 0.917. The maximum absolute atomic E-state index is 13.2. The fourth-order valence-corrected chi connectivity index (χ4v) is 1.87. The van der Waals surface area contributed by atoms with Gasteiger partial charge in [0.15, 0.2) is 0 Å². The van der Waals surface area contributed by atoms with E-state index in [1.807, 2.05) is 6.92 Å². The van der Waals surface area contributed by atoms with Crippen molar-refractivity contribution in [2.24, 2.45) is 5.73 Å². The first kappa shape index (κ1) is 14.5. The van der Waals surface area contributed by atoms with Crippen LogP contribution in [-0.2, 0) is 0 Å². The molecule has 20 heavy (non-hydrogen) atoms. The van der Waals surface area contributed by atoms with Crippen LogP contribution >= 0.6 is 0 Å². The van der Waals surface area contributed by atoms with Gasteiger partial charge in [-0.15, -0.1) is 5.10 Å². The highest BCUT2D eigenvalue weighted by atomic mass is 19.3. The van der Waals surface area contributed by atoms with Crippen LogP contribution in [-0.4, -0.2) is 15.0 Å². The minimum absolute atomic E-state index is 0.247. The van der Waals surface area contributed by atoms with Gasteiger partial charge in [-0.2, -0.15) is 0 Å². The average Bonchev–Trinajstić information content (AvgIpc) is 2.89. The molecule has 2 aromatic rings. The van der Waals surface area contributed by atoms with Crippen LogP contribution in [0.25, 0.3) is 5.69 Å². The molecule has 2 N–H and O–H groups in total. The fraction of sp³-hybridized carbons (Fsp3) is 0.385. The molecule has 0 aliphatic carbocycles. The molecule has 0 radical (unpaired) electrons. The Morgan fingerprint density at radius 1 is 1.35 bits per heavy atom. The molecule has 108 valence electrons. The van der Waals surface area contributed by atoms with Crippen molar-refractivity contribution in [3.63, 3.8) is 0 Å². The predicted molar refractivity (Wildman–Crippen MR) is 68.1 cm³/mol. The lowest BCUT2D eigenvalue weighted by Gasteiger charge is -2.06. The monoisotopic (exact) mass is 284 g/mol. The molecule has 1 atom stereocenters. The van der Waals surface area contributed by atoms with Crippen LogP contribution in [0.15, 0.2) is 24.4 Å². The summed E-state index contributed by atoms with van der Waals surface area (Å²) in [6.45, 7) is 2.00. The molecule has 0 amide bonds. The zero-order chi connectivity index (χ0) is 14.7. The van der Waals surface area contributed by atoms with Gasteiger partial charge in [0.1, 0.15) is 5.82 Å². The molecule has 0 aliphatic heterocycles. The van der Waals surface area contributed by atoms with Crippen LogP contribution in [0.1, 0.15) is 43.5 Å².